The van der Waals surface area contributed by atoms with Gasteiger partial charge in [-0.15, -0.1) is 0 Å². The predicted octanol–water partition coefficient (Wildman–Crippen LogP) is 6.45. The molecule has 112 valence electrons. The lowest BCUT2D eigenvalue weighted by molar-refractivity contribution is -0.0474. The van der Waals surface area contributed by atoms with Crippen LogP contribution in [-0.2, 0) is 0 Å². The van der Waals surface area contributed by atoms with Gasteiger partial charge in [0.1, 0.15) is 0 Å². The van der Waals surface area contributed by atoms with E-state index in [2.05, 4.69) is 41.5 Å². The second kappa shape index (κ2) is 5.08. The van der Waals surface area contributed by atoms with Crippen molar-refractivity contribution in [3.05, 3.63) is 0 Å². The topological polar surface area (TPSA) is 0 Å². The normalized spacial score (nSPS) is 32.5. The van der Waals surface area contributed by atoms with Gasteiger partial charge in [-0.1, -0.05) is 67.2 Å². The molecule has 0 N–H and O–H groups in total. The van der Waals surface area contributed by atoms with Crippen LogP contribution in [0.1, 0.15) is 92.9 Å². The van der Waals surface area contributed by atoms with Crippen molar-refractivity contribution in [2.24, 2.45) is 28.1 Å². The van der Waals surface area contributed by atoms with E-state index in [1.807, 2.05) is 0 Å². The average Bonchev–Trinajstić information content (AvgIpc) is 2.47. The van der Waals surface area contributed by atoms with Crippen LogP contribution in [0.15, 0.2) is 0 Å². The molecule has 2 aliphatic carbocycles. The summed E-state index contributed by atoms with van der Waals surface area (Å²) in [5, 5.41) is 0. The number of rotatable bonds is 0. The minimum absolute atomic E-state index is 0.429. The first-order valence-corrected chi connectivity index (χ1v) is 8.67. The molecule has 0 radical (unpaired) electrons. The van der Waals surface area contributed by atoms with E-state index in [0.717, 1.165) is 11.8 Å². The van der Waals surface area contributed by atoms with Crippen molar-refractivity contribution >= 4 is 0 Å². The zero-order valence-electron chi connectivity index (χ0n) is 14.3. The summed E-state index contributed by atoms with van der Waals surface area (Å²) in [7, 11) is 0. The van der Waals surface area contributed by atoms with Gasteiger partial charge in [0, 0.05) is 0 Å². The fourth-order valence-electron chi connectivity index (χ4n) is 5.66. The van der Waals surface area contributed by atoms with Gasteiger partial charge in [-0.3, -0.25) is 0 Å². The maximum atomic E-state index is 2.49. The van der Waals surface area contributed by atoms with Crippen LogP contribution >= 0.6 is 0 Å². The Bertz CT molecular complexity index is 267. The summed E-state index contributed by atoms with van der Waals surface area (Å²) in [6, 6.07) is 0. The van der Waals surface area contributed by atoms with Crippen LogP contribution in [0.2, 0.25) is 0 Å². The maximum Gasteiger partial charge on any atom is -0.0200 e. The first-order valence-electron chi connectivity index (χ1n) is 8.67. The van der Waals surface area contributed by atoms with Gasteiger partial charge in [-0.2, -0.15) is 0 Å². The third kappa shape index (κ3) is 2.74. The van der Waals surface area contributed by atoms with E-state index in [1.54, 1.807) is 0 Å². The van der Waals surface area contributed by atoms with Crippen LogP contribution < -0.4 is 0 Å². The van der Waals surface area contributed by atoms with Crippen LogP contribution in [0.5, 0.6) is 0 Å². The van der Waals surface area contributed by atoms with Crippen LogP contribution in [0.3, 0.4) is 0 Å². The van der Waals surface area contributed by atoms with Crippen LogP contribution in [-0.4, -0.2) is 0 Å². The third-order valence-corrected chi connectivity index (χ3v) is 6.82. The highest BCUT2D eigenvalue weighted by atomic mass is 14.6. The lowest BCUT2D eigenvalue weighted by atomic mass is 9.51. The largest absolute Gasteiger partial charge is 0.0596 e. The molecule has 0 aromatic rings. The summed E-state index contributed by atoms with van der Waals surface area (Å²) in [4.78, 5) is 0. The Hall–Kier alpha value is 0. The summed E-state index contributed by atoms with van der Waals surface area (Å²) < 4.78 is 0. The first kappa shape index (κ1) is 15.4. The summed E-state index contributed by atoms with van der Waals surface area (Å²) in [6.07, 6.45) is 12.0. The van der Waals surface area contributed by atoms with E-state index in [-0.39, 0.29) is 0 Å². The summed E-state index contributed by atoms with van der Waals surface area (Å²) >= 11 is 0. The van der Waals surface area contributed by atoms with Crippen LogP contribution in [0.4, 0.5) is 0 Å². The molecule has 19 heavy (non-hydrogen) atoms. The maximum absolute atomic E-state index is 2.49. The molecule has 0 aromatic carbocycles. The van der Waals surface area contributed by atoms with E-state index in [9.17, 15) is 0 Å². The molecule has 2 rings (SSSR count). The lowest BCUT2D eigenvalue weighted by Crippen LogP contribution is -2.46. The van der Waals surface area contributed by atoms with Gasteiger partial charge in [0.05, 0.1) is 0 Å². The standard InChI is InChI=1S/C19H36/c1-17(2,3)19(18(4,5)6)13-11-15-9-7-8-10-16(15)12-14-19/h15-16H,7-14H2,1-6H3. The Balaban J connectivity index is 2.26. The van der Waals surface area contributed by atoms with Gasteiger partial charge >= 0.3 is 0 Å². The molecule has 0 heterocycles. The first-order chi connectivity index (χ1) is 8.67. The monoisotopic (exact) mass is 264 g/mol. The molecule has 0 bridgehead atoms. The van der Waals surface area contributed by atoms with Gasteiger partial charge < -0.3 is 0 Å². The van der Waals surface area contributed by atoms with Crippen LogP contribution in [0, 0.1) is 28.1 Å². The highest BCUT2D eigenvalue weighted by Gasteiger charge is 2.51. The van der Waals surface area contributed by atoms with Gasteiger partial charge in [0.15, 0.2) is 0 Å². The summed E-state index contributed by atoms with van der Waals surface area (Å²) in [5.74, 6) is 2.11. The fourth-order valence-corrected chi connectivity index (χ4v) is 5.66. The second-order valence-corrected chi connectivity index (χ2v) is 9.46. The van der Waals surface area contributed by atoms with Crippen molar-refractivity contribution in [3.8, 4) is 0 Å². The molecule has 0 amide bonds. The Morgan fingerprint density at radius 3 is 1.32 bits per heavy atom. The van der Waals surface area contributed by atoms with E-state index < -0.39 is 0 Å². The van der Waals surface area contributed by atoms with Crippen molar-refractivity contribution in [1.82, 2.24) is 0 Å². The third-order valence-electron chi connectivity index (χ3n) is 6.82. The van der Waals surface area contributed by atoms with Crippen LogP contribution in [0.25, 0.3) is 0 Å². The molecule has 0 saturated heterocycles. The van der Waals surface area contributed by atoms with Crippen molar-refractivity contribution in [2.75, 3.05) is 0 Å². The zero-order chi connectivity index (χ0) is 14.3. The van der Waals surface area contributed by atoms with Gasteiger partial charge in [0.25, 0.3) is 0 Å². The molecule has 0 spiro atoms. The minimum atomic E-state index is 0.429. The second-order valence-electron chi connectivity index (χ2n) is 9.46. The van der Waals surface area contributed by atoms with Gasteiger partial charge in [0.2, 0.25) is 0 Å². The molecule has 0 nitrogen and oxygen atoms in total. The number of fused-ring (bicyclic) bond motifs is 1. The lowest BCUT2D eigenvalue weighted by Gasteiger charge is -2.54. The van der Waals surface area contributed by atoms with Crippen molar-refractivity contribution < 1.29 is 0 Å². The van der Waals surface area contributed by atoms with Crippen molar-refractivity contribution in [3.63, 3.8) is 0 Å². The molecule has 2 saturated carbocycles. The zero-order valence-corrected chi connectivity index (χ0v) is 14.3. The number of hydrogen-bond acceptors (Lipinski definition) is 0. The summed E-state index contributed by atoms with van der Waals surface area (Å²) in [6.45, 7) is 15.0. The van der Waals surface area contributed by atoms with Crippen molar-refractivity contribution in [2.45, 2.75) is 92.9 Å². The molecule has 0 heteroatoms. The van der Waals surface area contributed by atoms with E-state index in [1.165, 1.54) is 51.4 Å². The molecule has 0 aromatic heterocycles. The Labute approximate surface area is 121 Å². The molecule has 2 aliphatic rings. The molecular weight excluding hydrogens is 228 g/mol. The highest BCUT2D eigenvalue weighted by Crippen LogP contribution is 2.60. The minimum Gasteiger partial charge on any atom is -0.0596 e. The quantitative estimate of drug-likeness (QED) is 0.472. The predicted molar refractivity (Wildman–Crippen MR) is 85.3 cm³/mol. The molecule has 2 fully saturated rings. The Morgan fingerprint density at radius 2 is 1.00 bits per heavy atom. The molecule has 2 unspecified atom stereocenters. The van der Waals surface area contributed by atoms with E-state index in [4.69, 9.17) is 0 Å². The summed E-state index contributed by atoms with van der Waals surface area (Å²) in [5.41, 5.74) is 1.38. The highest BCUT2D eigenvalue weighted by molar-refractivity contribution is 5.01. The average molecular weight is 264 g/mol. The number of hydrogen-bond donors (Lipinski definition) is 0. The fraction of sp³-hybridized carbons (Fsp3) is 1.00. The van der Waals surface area contributed by atoms with E-state index >= 15 is 0 Å². The van der Waals surface area contributed by atoms with Gasteiger partial charge in [-0.25, -0.2) is 0 Å². The smallest absolute Gasteiger partial charge is 0.0200 e. The Morgan fingerprint density at radius 1 is 0.632 bits per heavy atom. The van der Waals surface area contributed by atoms with E-state index in [0.29, 0.717) is 16.2 Å². The Kier molecular flexibility index (Phi) is 4.11. The SMILES string of the molecule is CC(C)(C)C1(C(C)(C)C)CCC2CCCCC2CC1. The van der Waals surface area contributed by atoms with Gasteiger partial charge in [-0.05, 0) is 53.8 Å². The molecule has 2 atom stereocenters. The van der Waals surface area contributed by atoms with Crippen molar-refractivity contribution in [1.29, 1.82) is 0 Å². The molecular formula is C19H36. The molecule has 0 aliphatic heterocycles.